The molecule has 0 radical (unpaired) electrons. The van der Waals surface area contributed by atoms with E-state index in [0.717, 1.165) is 50.1 Å². The quantitative estimate of drug-likeness (QED) is 0.0222. The number of amides is 2. The highest BCUT2D eigenvalue weighted by atomic mass is 35.5. The molecule has 9 rings (SSSR count). The second-order valence-corrected chi connectivity index (χ2v) is 38.2. The number of nitrogens with one attached hydrogen (secondary N) is 4. The predicted octanol–water partition coefficient (Wildman–Crippen LogP) is 11.2. The van der Waals surface area contributed by atoms with Crippen molar-refractivity contribution in [3.05, 3.63) is 189 Å². The lowest BCUT2D eigenvalue weighted by molar-refractivity contribution is -0.121. The van der Waals surface area contributed by atoms with Crippen molar-refractivity contribution < 1.29 is 82.3 Å². The number of hydrogen-bond acceptors (Lipinski definition) is 22. The van der Waals surface area contributed by atoms with E-state index in [1.807, 2.05) is 57.5 Å². The lowest BCUT2D eigenvalue weighted by Crippen LogP contribution is -2.43. The number of hydrogen-bond donors (Lipinski definition) is 5. The Labute approximate surface area is 731 Å². The van der Waals surface area contributed by atoms with Crippen molar-refractivity contribution in [1.29, 1.82) is 0 Å². The van der Waals surface area contributed by atoms with Gasteiger partial charge in [-0.3, -0.25) is 14.4 Å². The third-order valence-electron chi connectivity index (χ3n) is 20.7. The largest absolute Gasteiger partial charge is 0.379 e. The number of ketones is 1. The topological polar surface area (TPSA) is 321 Å². The summed E-state index contributed by atoms with van der Waals surface area (Å²) in [5.74, 6) is -1.00. The first-order valence-corrected chi connectivity index (χ1v) is 47.0. The van der Waals surface area contributed by atoms with Gasteiger partial charge in [-0.1, -0.05) is 106 Å². The number of Topliss-reactive ketones (excluding diaryl/α,β-unsaturated/α-hetero) is 1. The highest BCUT2D eigenvalue weighted by Crippen LogP contribution is 2.43. The second kappa shape index (κ2) is 49.6. The molecule has 35 heteroatoms. The molecule has 26 nitrogen and oxygen atoms in total. The fraction of sp³-hybridized carbons (Fsp3) is 0.536. The highest BCUT2D eigenvalue weighted by Gasteiger charge is 2.33. The monoisotopic (exact) mass is 1830 g/mol. The molecule has 0 saturated heterocycles. The molecule has 0 unspecified atom stereocenters. The number of fused-ring (bicyclic) bond motifs is 3. The van der Waals surface area contributed by atoms with Crippen LogP contribution in [0.3, 0.4) is 0 Å². The molecule has 0 bridgehead atoms. The smallest absolute Gasteiger partial charge is 0.240 e. The van der Waals surface area contributed by atoms with E-state index >= 15 is 0 Å². The number of nitrogens with zero attached hydrogens (tertiary/aromatic N) is 3. The van der Waals surface area contributed by atoms with Crippen molar-refractivity contribution in [2.24, 2.45) is 5.73 Å². The van der Waals surface area contributed by atoms with E-state index in [9.17, 15) is 39.6 Å². The predicted molar refractivity (Wildman–Crippen MR) is 463 cm³/mol. The van der Waals surface area contributed by atoms with Crippen LogP contribution in [0.1, 0.15) is 126 Å². The van der Waals surface area contributed by atoms with E-state index in [2.05, 4.69) is 34.8 Å². The Morgan fingerprint density at radius 2 is 0.706 bits per heavy atom. The molecule has 2 amide bonds. The normalized spacial score (nSPS) is 16.2. The van der Waals surface area contributed by atoms with Gasteiger partial charge in [0, 0.05) is 158 Å². The zero-order valence-corrected chi connectivity index (χ0v) is 74.7. The molecule has 0 aliphatic carbocycles. The Bertz CT molecular complexity index is 4190. The lowest BCUT2D eigenvalue weighted by atomic mass is 9.83. The van der Waals surface area contributed by atoms with Gasteiger partial charge in [0.15, 0.2) is 9.84 Å². The zero-order chi connectivity index (χ0) is 85.4. The number of benzene rings is 6. The first kappa shape index (κ1) is 97.7. The van der Waals surface area contributed by atoms with Crippen LogP contribution in [-0.2, 0) is 107 Å². The molecule has 3 heterocycles. The maximum atomic E-state index is 13.4. The minimum absolute atomic E-state index is 0.0366. The molecule has 3 aliphatic rings. The van der Waals surface area contributed by atoms with Crippen molar-refractivity contribution >= 4 is 117 Å². The van der Waals surface area contributed by atoms with Gasteiger partial charge in [-0.15, -0.1) is 0 Å². The Hall–Kier alpha value is -5.08. The summed E-state index contributed by atoms with van der Waals surface area (Å²) in [5.41, 5.74) is 14.4. The van der Waals surface area contributed by atoms with Gasteiger partial charge >= 0.3 is 0 Å². The highest BCUT2D eigenvalue weighted by molar-refractivity contribution is 7.91. The number of ether oxygens (including phenoxy) is 9. The molecule has 656 valence electrons. The maximum absolute atomic E-state index is 13.4. The Balaban J connectivity index is 0.613. The Kier molecular flexibility index (Phi) is 40.7. The minimum atomic E-state index is -3.84. The molecule has 0 saturated carbocycles. The summed E-state index contributed by atoms with van der Waals surface area (Å²) < 4.78 is 136. The summed E-state index contributed by atoms with van der Waals surface area (Å²) in [6.07, 6.45) is 1.87. The number of likely N-dealkylation sites (N-methyl/N-ethyl adjacent to an activating group) is 3. The summed E-state index contributed by atoms with van der Waals surface area (Å²) in [7, 11) is -5.29. The molecular formula is C84H112Cl6N8O18S3. The molecular weight excluding hydrogens is 1720 g/mol. The van der Waals surface area contributed by atoms with Crippen molar-refractivity contribution in [1.82, 2.24) is 34.8 Å². The van der Waals surface area contributed by atoms with Gasteiger partial charge < -0.3 is 73.7 Å². The fourth-order valence-electron chi connectivity index (χ4n) is 14.6. The molecule has 6 aromatic carbocycles. The molecule has 3 aliphatic heterocycles. The summed E-state index contributed by atoms with van der Waals surface area (Å²) in [5, 5.41) is 9.03. The van der Waals surface area contributed by atoms with Crippen LogP contribution in [0.2, 0.25) is 30.1 Å². The van der Waals surface area contributed by atoms with Crippen LogP contribution in [0.4, 0.5) is 0 Å². The lowest BCUT2D eigenvalue weighted by Gasteiger charge is -2.33. The van der Waals surface area contributed by atoms with Crippen LogP contribution < -0.4 is 25.8 Å². The number of nitrogens with two attached hydrogens (primary N) is 1. The average molecular weight is 1830 g/mol. The third-order valence-corrected chi connectivity index (χ3v) is 27.1. The molecule has 0 fully saturated rings. The van der Waals surface area contributed by atoms with Crippen LogP contribution in [-0.4, -0.2) is 255 Å². The molecule has 3 atom stereocenters. The second-order valence-electron chi connectivity index (χ2n) is 30.0. The van der Waals surface area contributed by atoms with E-state index in [1.54, 1.807) is 72.8 Å². The zero-order valence-electron chi connectivity index (χ0n) is 67.8. The number of halogens is 6. The van der Waals surface area contributed by atoms with Crippen molar-refractivity contribution in [3.8, 4) is 0 Å². The first-order chi connectivity index (χ1) is 57.1. The number of carbonyl (C=O) groups excluding carboxylic acids is 3. The van der Waals surface area contributed by atoms with E-state index in [4.69, 9.17) is 118 Å². The summed E-state index contributed by atoms with van der Waals surface area (Å²) in [4.78, 5) is 46.5. The minimum Gasteiger partial charge on any atom is -0.379 e. The van der Waals surface area contributed by atoms with Gasteiger partial charge in [0.25, 0.3) is 0 Å². The Morgan fingerprint density at radius 1 is 0.395 bits per heavy atom. The van der Waals surface area contributed by atoms with Crippen LogP contribution in [0.5, 0.6) is 0 Å². The van der Waals surface area contributed by atoms with E-state index in [-0.39, 0.29) is 226 Å². The van der Waals surface area contributed by atoms with E-state index < -0.39 is 35.4 Å². The van der Waals surface area contributed by atoms with Crippen LogP contribution >= 0.6 is 69.6 Å². The molecule has 6 aromatic rings. The molecule has 0 spiro atoms. The van der Waals surface area contributed by atoms with Crippen molar-refractivity contribution in [2.45, 2.75) is 115 Å². The standard InChI is InChI=1S/C84H112Cl6N8O18S3/c1-96-54-73(70-48-63(85)51-79(88)76(70)57-96)60-9-4-13-67(45-60)117(102,103)44-8-27-109-33-39-114-38-32-108-26-7-12-66(99)16-19-84(91,20-17-82(100)92-22-28-110-34-40-115-42-36-112-30-24-94-118(104,105)68-14-5-10-61(46-68)74-55-97(2)58-77-71(74)49-64(86)52-80(77)89)21-18-83(101)93-23-29-111-35-41-116-43-37-113-31-25-95-119(106,107)69-15-6-11-62(47-69)75-56-98(3)59-78-72(75)50-65(87)53-81(78)90/h4-6,9-11,13-15,45-53,73-75,94-95H,7-8,12,16-44,54-59,91H2,1-3H3,(H,92,100)(H,93,101)/t73-,74-,75-/m0/s1. The van der Waals surface area contributed by atoms with Crippen molar-refractivity contribution in [2.75, 3.05) is 192 Å². The summed E-state index contributed by atoms with van der Waals surface area (Å²) in [6.45, 7) is 8.88. The SMILES string of the molecule is CN1Cc2c(Cl)cc(Cl)cc2[C@H](c2cccc(S(=O)(=O)CCCOCCOCCOCCCC(=O)CCC(N)(CCC(=O)NCCOCCOCCOCCNS(=O)(=O)c3cccc([C@@H]4CN(C)Cc5c(Cl)cc(Cl)cc54)c3)CCC(=O)NCCOCCOCCOCCNS(=O)(=O)c3cccc([C@@H]4CN(C)Cc5c(Cl)cc(Cl)cc54)c3)c2)C1. The average Bonchev–Trinajstić information content (AvgIpc) is 0.781. The van der Waals surface area contributed by atoms with Crippen LogP contribution in [0, 0.1) is 0 Å². The molecule has 119 heavy (non-hydrogen) atoms. The van der Waals surface area contributed by atoms with Gasteiger partial charge in [0.2, 0.25) is 31.9 Å². The molecule has 0 aromatic heterocycles. The number of rotatable bonds is 55. The van der Waals surface area contributed by atoms with Crippen molar-refractivity contribution in [3.63, 3.8) is 0 Å². The third kappa shape index (κ3) is 32.1. The first-order valence-electron chi connectivity index (χ1n) is 40.1. The maximum Gasteiger partial charge on any atom is 0.240 e. The summed E-state index contributed by atoms with van der Waals surface area (Å²) in [6, 6.07) is 31.7. The number of sulfonamides is 2. The van der Waals surface area contributed by atoms with Gasteiger partial charge in [-0.05, 0) is 176 Å². The van der Waals surface area contributed by atoms with E-state index in [1.165, 1.54) is 0 Å². The van der Waals surface area contributed by atoms with E-state index in [0.29, 0.717) is 102 Å². The fourth-order valence-corrected chi connectivity index (χ4v) is 19.7. The molecule has 6 N–H and O–H groups in total. The van der Waals surface area contributed by atoms with Gasteiger partial charge in [-0.25, -0.2) is 34.7 Å². The number of carbonyl (C=O) groups is 3. The van der Waals surface area contributed by atoms with Gasteiger partial charge in [0.1, 0.15) is 5.78 Å². The summed E-state index contributed by atoms with van der Waals surface area (Å²) >= 11 is 38.9. The van der Waals surface area contributed by atoms with Gasteiger partial charge in [0.05, 0.1) is 126 Å². The number of sulfone groups is 1. The Morgan fingerprint density at radius 3 is 1.08 bits per heavy atom. The van der Waals surface area contributed by atoms with Gasteiger partial charge in [-0.2, -0.15) is 0 Å². The van der Waals surface area contributed by atoms with Crippen LogP contribution in [0.25, 0.3) is 0 Å². The van der Waals surface area contributed by atoms with Crippen LogP contribution in [0.15, 0.2) is 124 Å².